The maximum Gasteiger partial charge on any atom is 0.419 e. The van der Waals surface area contributed by atoms with Crippen molar-refractivity contribution >= 4 is 16.8 Å². The lowest BCUT2D eigenvalue weighted by atomic mass is 10.2. The van der Waals surface area contributed by atoms with E-state index in [-0.39, 0.29) is 5.76 Å². The SMILES string of the molecule is Cc1ccc2oc(=O)n(CCCOc3cccc(N)c3)c2c1. The Kier molecular flexibility index (Phi) is 3.87. The van der Waals surface area contributed by atoms with Crippen molar-refractivity contribution in [1.29, 1.82) is 0 Å². The quantitative estimate of drug-likeness (QED) is 0.580. The van der Waals surface area contributed by atoms with E-state index in [0.29, 0.717) is 30.8 Å². The molecule has 0 saturated heterocycles. The van der Waals surface area contributed by atoms with E-state index in [1.165, 1.54) is 0 Å². The summed E-state index contributed by atoms with van der Waals surface area (Å²) >= 11 is 0. The summed E-state index contributed by atoms with van der Waals surface area (Å²) in [6.07, 6.45) is 0.706. The number of rotatable bonds is 5. The number of nitrogens with two attached hydrogens (primary N) is 1. The van der Waals surface area contributed by atoms with Crippen molar-refractivity contribution in [3.8, 4) is 5.75 Å². The summed E-state index contributed by atoms with van der Waals surface area (Å²) < 4.78 is 12.5. The van der Waals surface area contributed by atoms with Gasteiger partial charge in [-0.15, -0.1) is 0 Å². The standard InChI is InChI=1S/C17H18N2O3/c1-12-6-7-16-15(10-12)19(17(20)22-16)8-3-9-21-14-5-2-4-13(18)11-14/h2,4-7,10-11H,3,8-9,18H2,1H3. The average Bonchev–Trinajstić information content (AvgIpc) is 2.79. The van der Waals surface area contributed by atoms with E-state index in [1.54, 1.807) is 10.6 Å². The highest BCUT2D eigenvalue weighted by Crippen LogP contribution is 2.16. The Hall–Kier alpha value is -2.69. The summed E-state index contributed by atoms with van der Waals surface area (Å²) in [6, 6.07) is 13.0. The molecule has 22 heavy (non-hydrogen) atoms. The third-order valence-electron chi connectivity index (χ3n) is 3.48. The number of anilines is 1. The van der Waals surface area contributed by atoms with Crippen molar-refractivity contribution in [2.24, 2.45) is 0 Å². The van der Waals surface area contributed by atoms with Crippen LogP contribution in [0.4, 0.5) is 5.69 Å². The number of oxazole rings is 1. The summed E-state index contributed by atoms with van der Waals surface area (Å²) in [6.45, 7) is 3.05. The van der Waals surface area contributed by atoms with E-state index >= 15 is 0 Å². The number of aromatic nitrogens is 1. The van der Waals surface area contributed by atoms with Crippen LogP contribution in [-0.4, -0.2) is 11.2 Å². The van der Waals surface area contributed by atoms with Crippen LogP contribution in [0.3, 0.4) is 0 Å². The molecule has 3 rings (SSSR count). The van der Waals surface area contributed by atoms with Crippen molar-refractivity contribution in [3.05, 3.63) is 58.6 Å². The van der Waals surface area contributed by atoms with Crippen molar-refractivity contribution in [2.45, 2.75) is 19.9 Å². The largest absolute Gasteiger partial charge is 0.493 e. The zero-order valence-electron chi connectivity index (χ0n) is 12.4. The van der Waals surface area contributed by atoms with Gasteiger partial charge in [-0.2, -0.15) is 0 Å². The molecule has 2 aromatic carbocycles. The van der Waals surface area contributed by atoms with Crippen molar-refractivity contribution in [2.75, 3.05) is 12.3 Å². The molecule has 1 aromatic heterocycles. The number of benzene rings is 2. The molecule has 1 heterocycles. The molecule has 0 fully saturated rings. The number of aryl methyl sites for hydroxylation is 2. The molecular formula is C17H18N2O3. The topological polar surface area (TPSA) is 70.4 Å². The number of nitrogens with zero attached hydrogens (tertiary/aromatic N) is 1. The molecule has 0 unspecified atom stereocenters. The van der Waals surface area contributed by atoms with Crippen LogP contribution in [0.2, 0.25) is 0 Å². The molecule has 2 N–H and O–H groups in total. The molecule has 0 bridgehead atoms. The van der Waals surface area contributed by atoms with Gasteiger partial charge in [0.15, 0.2) is 5.58 Å². The first kappa shape index (κ1) is 14.3. The van der Waals surface area contributed by atoms with E-state index in [4.69, 9.17) is 14.9 Å². The maximum atomic E-state index is 11.9. The number of fused-ring (bicyclic) bond motifs is 1. The average molecular weight is 298 g/mol. The molecule has 0 aliphatic carbocycles. The lowest BCUT2D eigenvalue weighted by Gasteiger charge is -2.07. The van der Waals surface area contributed by atoms with Crippen LogP contribution in [0.5, 0.6) is 5.75 Å². The second kappa shape index (κ2) is 5.97. The van der Waals surface area contributed by atoms with Gasteiger partial charge in [0, 0.05) is 18.3 Å². The summed E-state index contributed by atoms with van der Waals surface area (Å²) in [4.78, 5) is 11.9. The van der Waals surface area contributed by atoms with Crippen LogP contribution in [0, 0.1) is 6.92 Å². The first-order valence-electron chi connectivity index (χ1n) is 7.22. The van der Waals surface area contributed by atoms with Crippen LogP contribution in [0.15, 0.2) is 51.7 Å². The summed E-state index contributed by atoms with van der Waals surface area (Å²) in [7, 11) is 0. The van der Waals surface area contributed by atoms with E-state index in [1.807, 2.05) is 43.3 Å². The Morgan fingerprint density at radius 3 is 2.91 bits per heavy atom. The van der Waals surface area contributed by atoms with Gasteiger partial charge in [-0.1, -0.05) is 12.1 Å². The van der Waals surface area contributed by atoms with Gasteiger partial charge in [-0.3, -0.25) is 4.57 Å². The van der Waals surface area contributed by atoms with Gasteiger partial charge in [0.2, 0.25) is 0 Å². The first-order valence-corrected chi connectivity index (χ1v) is 7.22. The number of hydrogen-bond acceptors (Lipinski definition) is 4. The van der Waals surface area contributed by atoms with Crippen molar-refractivity contribution < 1.29 is 9.15 Å². The molecule has 0 aliphatic rings. The van der Waals surface area contributed by atoms with Crippen LogP contribution in [-0.2, 0) is 6.54 Å². The van der Waals surface area contributed by atoms with E-state index in [2.05, 4.69) is 0 Å². The Bertz CT molecular complexity index is 848. The van der Waals surface area contributed by atoms with Crippen LogP contribution < -0.4 is 16.2 Å². The Labute approximate surface area is 127 Å². The Morgan fingerprint density at radius 1 is 1.23 bits per heavy atom. The smallest absolute Gasteiger partial charge is 0.419 e. The minimum absolute atomic E-state index is 0.329. The predicted octanol–water partition coefficient (Wildman–Crippen LogP) is 2.95. The summed E-state index contributed by atoms with van der Waals surface area (Å²) in [5.74, 6) is 0.407. The summed E-state index contributed by atoms with van der Waals surface area (Å²) in [5, 5.41) is 0. The minimum Gasteiger partial charge on any atom is -0.493 e. The molecule has 114 valence electrons. The Morgan fingerprint density at radius 2 is 2.09 bits per heavy atom. The second-order valence-corrected chi connectivity index (χ2v) is 5.27. The summed E-state index contributed by atoms with van der Waals surface area (Å²) in [5.41, 5.74) is 8.91. The molecule has 0 spiro atoms. The molecule has 5 heteroatoms. The maximum absolute atomic E-state index is 11.9. The third-order valence-corrected chi connectivity index (χ3v) is 3.48. The Balaban J connectivity index is 1.66. The van der Waals surface area contributed by atoms with Crippen LogP contribution in [0.25, 0.3) is 11.1 Å². The monoisotopic (exact) mass is 298 g/mol. The minimum atomic E-state index is -0.329. The van der Waals surface area contributed by atoms with Gasteiger partial charge < -0.3 is 14.9 Å². The molecular weight excluding hydrogens is 280 g/mol. The fourth-order valence-electron chi connectivity index (χ4n) is 2.40. The highest BCUT2D eigenvalue weighted by atomic mass is 16.5. The lowest BCUT2D eigenvalue weighted by molar-refractivity contribution is 0.300. The molecule has 5 nitrogen and oxygen atoms in total. The molecule has 0 atom stereocenters. The molecule has 0 amide bonds. The molecule has 0 radical (unpaired) electrons. The second-order valence-electron chi connectivity index (χ2n) is 5.27. The zero-order chi connectivity index (χ0) is 15.5. The van der Waals surface area contributed by atoms with Crippen LogP contribution in [0.1, 0.15) is 12.0 Å². The predicted molar refractivity (Wildman–Crippen MR) is 86.2 cm³/mol. The highest BCUT2D eigenvalue weighted by molar-refractivity contribution is 5.73. The molecule has 0 aliphatic heterocycles. The number of nitrogen functional groups attached to an aromatic ring is 1. The highest BCUT2D eigenvalue weighted by Gasteiger charge is 2.08. The van der Waals surface area contributed by atoms with Gasteiger partial charge >= 0.3 is 5.76 Å². The van der Waals surface area contributed by atoms with Crippen molar-refractivity contribution in [1.82, 2.24) is 4.57 Å². The fraction of sp³-hybridized carbons (Fsp3) is 0.235. The van der Waals surface area contributed by atoms with Gasteiger partial charge in [-0.25, -0.2) is 4.79 Å². The fourth-order valence-corrected chi connectivity index (χ4v) is 2.40. The van der Waals surface area contributed by atoms with E-state index < -0.39 is 0 Å². The first-order chi connectivity index (χ1) is 10.6. The van der Waals surface area contributed by atoms with Crippen LogP contribution >= 0.6 is 0 Å². The van der Waals surface area contributed by atoms with Gasteiger partial charge in [0.05, 0.1) is 12.1 Å². The normalized spacial score (nSPS) is 11.0. The van der Waals surface area contributed by atoms with E-state index in [0.717, 1.165) is 16.8 Å². The third kappa shape index (κ3) is 2.98. The number of hydrogen-bond donors (Lipinski definition) is 1. The zero-order valence-corrected chi connectivity index (χ0v) is 12.4. The molecule has 0 saturated carbocycles. The van der Waals surface area contributed by atoms with Gasteiger partial charge in [0.1, 0.15) is 5.75 Å². The molecule has 3 aromatic rings. The van der Waals surface area contributed by atoms with Gasteiger partial charge in [-0.05, 0) is 43.2 Å². The lowest BCUT2D eigenvalue weighted by Crippen LogP contribution is -2.15. The van der Waals surface area contributed by atoms with Gasteiger partial charge in [0.25, 0.3) is 0 Å². The van der Waals surface area contributed by atoms with Crippen molar-refractivity contribution in [3.63, 3.8) is 0 Å². The number of ether oxygens (including phenoxy) is 1. The van der Waals surface area contributed by atoms with E-state index in [9.17, 15) is 4.79 Å².